The minimum atomic E-state index is -0.362. The van der Waals surface area contributed by atoms with Gasteiger partial charge in [0.1, 0.15) is 0 Å². The number of aryl methyl sites for hydroxylation is 3. The summed E-state index contributed by atoms with van der Waals surface area (Å²) < 4.78 is 1.82. The summed E-state index contributed by atoms with van der Waals surface area (Å²) in [5, 5.41) is 16.6. The number of hydrogen-bond donors (Lipinski definition) is 2. The molecular formula is C16H21N3O2. The Labute approximate surface area is 124 Å². The topological polar surface area (TPSA) is 67.2 Å². The van der Waals surface area contributed by atoms with Crippen molar-refractivity contribution in [2.75, 3.05) is 6.61 Å². The lowest BCUT2D eigenvalue weighted by molar-refractivity contribution is -0.122. The number of aliphatic hydroxyl groups is 1. The number of rotatable bonds is 6. The third-order valence-electron chi connectivity index (χ3n) is 3.37. The van der Waals surface area contributed by atoms with Crippen LogP contribution in [0, 0.1) is 13.8 Å². The van der Waals surface area contributed by atoms with Crippen LogP contribution in [0.1, 0.15) is 29.4 Å². The molecule has 0 aliphatic carbocycles. The Morgan fingerprint density at radius 3 is 2.62 bits per heavy atom. The van der Waals surface area contributed by atoms with Crippen LogP contribution in [0.25, 0.3) is 0 Å². The van der Waals surface area contributed by atoms with Crippen molar-refractivity contribution < 1.29 is 9.90 Å². The lowest BCUT2D eigenvalue weighted by Gasteiger charge is -2.16. The molecule has 0 unspecified atom stereocenters. The number of aliphatic hydroxyl groups excluding tert-OH is 1. The molecule has 0 radical (unpaired) electrons. The zero-order valence-corrected chi connectivity index (χ0v) is 12.4. The summed E-state index contributed by atoms with van der Waals surface area (Å²) in [5.74, 6) is -0.0922. The first-order valence-electron chi connectivity index (χ1n) is 7.06. The zero-order valence-electron chi connectivity index (χ0n) is 12.4. The van der Waals surface area contributed by atoms with Gasteiger partial charge in [-0.2, -0.15) is 5.10 Å². The average molecular weight is 287 g/mol. The van der Waals surface area contributed by atoms with E-state index in [2.05, 4.69) is 10.4 Å². The average Bonchev–Trinajstić information content (AvgIpc) is 2.81. The molecule has 5 nitrogen and oxygen atoms in total. The number of nitrogens with zero attached hydrogens (tertiary/aromatic N) is 2. The van der Waals surface area contributed by atoms with Gasteiger partial charge in [0.2, 0.25) is 5.91 Å². The normalized spacial score (nSPS) is 12.1. The highest BCUT2D eigenvalue weighted by Gasteiger charge is 2.13. The molecule has 1 aromatic carbocycles. The Balaban J connectivity index is 1.90. The number of hydrogen-bond acceptors (Lipinski definition) is 3. The van der Waals surface area contributed by atoms with Crippen LogP contribution in [-0.2, 0) is 11.3 Å². The molecule has 0 saturated carbocycles. The van der Waals surface area contributed by atoms with Crippen molar-refractivity contribution >= 4 is 5.91 Å². The fourth-order valence-electron chi connectivity index (χ4n) is 2.29. The van der Waals surface area contributed by atoms with Gasteiger partial charge in [-0.25, -0.2) is 0 Å². The quantitative estimate of drug-likeness (QED) is 0.850. The van der Waals surface area contributed by atoms with Gasteiger partial charge in [0, 0.05) is 18.7 Å². The molecule has 0 spiro atoms. The third-order valence-corrected chi connectivity index (χ3v) is 3.37. The second-order valence-corrected chi connectivity index (χ2v) is 5.11. The van der Waals surface area contributed by atoms with Crippen LogP contribution in [0.2, 0.25) is 0 Å². The number of carbonyl (C=O) groups is 1. The summed E-state index contributed by atoms with van der Waals surface area (Å²) in [6.07, 6.45) is 0.339. The zero-order chi connectivity index (χ0) is 15.2. The summed E-state index contributed by atoms with van der Waals surface area (Å²) in [6.45, 7) is 4.33. The minimum absolute atomic E-state index is 0.0922. The van der Waals surface area contributed by atoms with Crippen LogP contribution in [-0.4, -0.2) is 27.4 Å². The van der Waals surface area contributed by atoms with E-state index in [0.29, 0.717) is 13.0 Å². The number of benzene rings is 1. The Kier molecular flexibility index (Phi) is 5.11. The van der Waals surface area contributed by atoms with E-state index in [1.807, 2.05) is 54.9 Å². The largest absolute Gasteiger partial charge is 0.394 e. The molecule has 2 rings (SSSR count). The summed E-state index contributed by atoms with van der Waals surface area (Å²) in [4.78, 5) is 12.0. The number of carbonyl (C=O) groups excluding carboxylic acids is 1. The molecule has 2 aromatic rings. The van der Waals surface area contributed by atoms with Crippen molar-refractivity contribution in [1.82, 2.24) is 15.1 Å². The van der Waals surface area contributed by atoms with E-state index in [9.17, 15) is 9.90 Å². The predicted octanol–water partition coefficient (Wildman–Crippen LogP) is 1.74. The van der Waals surface area contributed by atoms with E-state index in [1.54, 1.807) is 0 Å². The summed E-state index contributed by atoms with van der Waals surface area (Å²) in [7, 11) is 0. The monoisotopic (exact) mass is 287 g/mol. The van der Waals surface area contributed by atoms with E-state index in [1.165, 1.54) is 0 Å². The number of nitrogens with one attached hydrogen (secondary N) is 1. The first kappa shape index (κ1) is 15.3. The highest BCUT2D eigenvalue weighted by atomic mass is 16.3. The van der Waals surface area contributed by atoms with E-state index < -0.39 is 0 Å². The summed E-state index contributed by atoms with van der Waals surface area (Å²) >= 11 is 0. The van der Waals surface area contributed by atoms with Gasteiger partial charge in [0.05, 0.1) is 18.3 Å². The molecule has 112 valence electrons. The maximum absolute atomic E-state index is 12.0. The van der Waals surface area contributed by atoms with Crippen LogP contribution >= 0.6 is 0 Å². The number of amides is 1. The van der Waals surface area contributed by atoms with Crippen LogP contribution in [0.3, 0.4) is 0 Å². The highest BCUT2D eigenvalue weighted by Crippen LogP contribution is 2.12. The minimum Gasteiger partial charge on any atom is -0.394 e. The summed E-state index contributed by atoms with van der Waals surface area (Å²) in [6, 6.07) is 11.1. The summed E-state index contributed by atoms with van der Waals surface area (Å²) in [5.41, 5.74) is 2.90. The second-order valence-electron chi connectivity index (χ2n) is 5.11. The fourth-order valence-corrected chi connectivity index (χ4v) is 2.29. The lowest BCUT2D eigenvalue weighted by atomic mass is 10.1. The van der Waals surface area contributed by atoms with Gasteiger partial charge in [-0.1, -0.05) is 30.3 Å². The van der Waals surface area contributed by atoms with Gasteiger partial charge >= 0.3 is 0 Å². The molecule has 1 amide bonds. The Morgan fingerprint density at radius 2 is 2.05 bits per heavy atom. The first-order valence-corrected chi connectivity index (χ1v) is 7.06. The van der Waals surface area contributed by atoms with Gasteiger partial charge in [0.25, 0.3) is 0 Å². The molecular weight excluding hydrogens is 266 g/mol. The smallest absolute Gasteiger partial charge is 0.222 e. The molecule has 0 aliphatic heterocycles. The van der Waals surface area contributed by atoms with Crippen molar-refractivity contribution in [2.24, 2.45) is 0 Å². The maximum atomic E-state index is 12.0. The van der Waals surface area contributed by atoms with E-state index in [-0.39, 0.29) is 18.6 Å². The molecule has 0 bridgehead atoms. The molecule has 0 saturated heterocycles. The van der Waals surface area contributed by atoms with Gasteiger partial charge in [-0.3, -0.25) is 9.48 Å². The van der Waals surface area contributed by atoms with E-state index >= 15 is 0 Å². The molecule has 2 N–H and O–H groups in total. The molecule has 0 fully saturated rings. The molecule has 0 aliphatic rings. The van der Waals surface area contributed by atoms with Crippen LogP contribution in [0.5, 0.6) is 0 Å². The molecule has 1 heterocycles. The molecule has 21 heavy (non-hydrogen) atoms. The third kappa shape index (κ3) is 4.16. The van der Waals surface area contributed by atoms with E-state index in [0.717, 1.165) is 17.0 Å². The van der Waals surface area contributed by atoms with Crippen molar-refractivity contribution in [1.29, 1.82) is 0 Å². The van der Waals surface area contributed by atoms with Gasteiger partial charge in [-0.05, 0) is 25.5 Å². The predicted molar refractivity (Wildman–Crippen MR) is 80.7 cm³/mol. The van der Waals surface area contributed by atoms with Crippen LogP contribution in [0.4, 0.5) is 0 Å². The maximum Gasteiger partial charge on any atom is 0.222 e. The van der Waals surface area contributed by atoms with Crippen LogP contribution in [0.15, 0.2) is 36.4 Å². The van der Waals surface area contributed by atoms with Crippen molar-refractivity contribution in [2.45, 2.75) is 32.9 Å². The van der Waals surface area contributed by atoms with Crippen molar-refractivity contribution in [3.63, 3.8) is 0 Å². The molecule has 1 aromatic heterocycles. The van der Waals surface area contributed by atoms with Crippen molar-refractivity contribution in [3.05, 3.63) is 53.3 Å². The number of aromatic nitrogens is 2. The molecule has 5 heteroatoms. The highest BCUT2D eigenvalue weighted by molar-refractivity contribution is 5.76. The Hall–Kier alpha value is -2.14. The van der Waals surface area contributed by atoms with Gasteiger partial charge in [-0.15, -0.1) is 0 Å². The lowest BCUT2D eigenvalue weighted by Crippen LogP contribution is -2.31. The van der Waals surface area contributed by atoms with Gasteiger partial charge in [0.15, 0.2) is 0 Å². The van der Waals surface area contributed by atoms with E-state index in [4.69, 9.17) is 0 Å². The Bertz CT molecular complexity index is 593. The Morgan fingerprint density at radius 1 is 1.33 bits per heavy atom. The van der Waals surface area contributed by atoms with Gasteiger partial charge < -0.3 is 10.4 Å². The second kappa shape index (κ2) is 7.04. The fraction of sp³-hybridized carbons (Fsp3) is 0.375. The van der Waals surface area contributed by atoms with Crippen molar-refractivity contribution in [3.8, 4) is 0 Å². The molecule has 1 atom stereocenters. The first-order chi connectivity index (χ1) is 10.1. The SMILES string of the molecule is Cc1cc(C)n(CCC(=O)N[C@H](CO)c2ccccc2)n1. The standard InChI is InChI=1S/C16H21N3O2/c1-12-10-13(2)19(18-12)9-8-16(21)17-15(11-20)14-6-4-3-5-7-14/h3-7,10,15,20H,8-9,11H2,1-2H3,(H,17,21)/t15-/m1/s1. The van der Waals surface area contributed by atoms with Crippen LogP contribution < -0.4 is 5.32 Å².